The van der Waals surface area contributed by atoms with Crippen molar-refractivity contribution < 1.29 is 14.6 Å². The molecule has 19 heavy (non-hydrogen) atoms. The summed E-state index contributed by atoms with van der Waals surface area (Å²) in [6.07, 6.45) is 5.37. The van der Waals surface area contributed by atoms with Crippen LogP contribution in [0.15, 0.2) is 12.3 Å². The van der Waals surface area contributed by atoms with Gasteiger partial charge in [0.25, 0.3) is 0 Å². The molecule has 5 nitrogen and oxygen atoms in total. The number of hydrogen-bond donors (Lipinski definition) is 1. The topological polar surface area (TPSA) is 62.7 Å². The Hall–Kier alpha value is -1.62. The zero-order valence-corrected chi connectivity index (χ0v) is 11.3. The molecule has 0 unspecified atom stereocenters. The standard InChI is InChI=1S/C14H20N2O3/c1-11-5-6-15-13(12(11)14(17)18)19-10-9-16-7-3-2-4-8-16/h5-6H,2-4,7-10H2,1H3,(H,17,18). The lowest BCUT2D eigenvalue weighted by Crippen LogP contribution is -2.33. The average Bonchev–Trinajstić information content (AvgIpc) is 2.39. The molecule has 0 atom stereocenters. The molecule has 0 bridgehead atoms. The van der Waals surface area contributed by atoms with Crippen molar-refractivity contribution >= 4 is 5.97 Å². The Kier molecular flexibility index (Phi) is 4.74. The maximum atomic E-state index is 11.2. The minimum atomic E-state index is -0.987. The maximum absolute atomic E-state index is 11.2. The van der Waals surface area contributed by atoms with Crippen molar-refractivity contribution in [2.24, 2.45) is 0 Å². The van der Waals surface area contributed by atoms with E-state index in [1.54, 1.807) is 19.2 Å². The molecule has 0 radical (unpaired) electrons. The van der Waals surface area contributed by atoms with Crippen LogP contribution >= 0.6 is 0 Å². The molecule has 1 aromatic rings. The summed E-state index contributed by atoms with van der Waals surface area (Å²) in [5.74, 6) is -0.761. The number of carboxylic acids is 1. The highest BCUT2D eigenvalue weighted by atomic mass is 16.5. The number of ether oxygens (including phenoxy) is 1. The first-order chi connectivity index (χ1) is 9.18. The molecule has 1 aromatic heterocycles. The molecule has 2 heterocycles. The van der Waals surface area contributed by atoms with Gasteiger partial charge in [0, 0.05) is 12.7 Å². The molecule has 0 aliphatic carbocycles. The van der Waals surface area contributed by atoms with E-state index in [1.807, 2.05) is 0 Å². The second-order valence-corrected chi connectivity index (χ2v) is 4.86. The Morgan fingerprint density at radius 3 is 2.84 bits per heavy atom. The number of piperidine rings is 1. The average molecular weight is 264 g/mol. The Labute approximate surface area is 113 Å². The van der Waals surface area contributed by atoms with Gasteiger partial charge in [-0.3, -0.25) is 4.90 Å². The van der Waals surface area contributed by atoms with Crippen LogP contribution in [0.1, 0.15) is 35.2 Å². The van der Waals surface area contributed by atoms with Crippen molar-refractivity contribution in [3.05, 3.63) is 23.4 Å². The number of aryl methyl sites for hydroxylation is 1. The smallest absolute Gasteiger partial charge is 0.341 e. The molecule has 5 heteroatoms. The lowest BCUT2D eigenvalue weighted by molar-refractivity contribution is 0.0689. The molecule has 0 aromatic carbocycles. The van der Waals surface area contributed by atoms with Crippen LogP contribution in [-0.4, -0.2) is 47.2 Å². The van der Waals surface area contributed by atoms with Crippen molar-refractivity contribution in [1.82, 2.24) is 9.88 Å². The highest BCUT2D eigenvalue weighted by Gasteiger charge is 2.16. The van der Waals surface area contributed by atoms with E-state index in [9.17, 15) is 4.79 Å². The largest absolute Gasteiger partial charge is 0.477 e. The monoisotopic (exact) mass is 264 g/mol. The molecule has 1 fully saturated rings. The second kappa shape index (κ2) is 6.52. The Balaban J connectivity index is 1.92. The van der Waals surface area contributed by atoms with Gasteiger partial charge in [-0.25, -0.2) is 9.78 Å². The lowest BCUT2D eigenvalue weighted by Gasteiger charge is -2.26. The predicted octanol–water partition coefficient (Wildman–Crippen LogP) is 1.95. The quantitative estimate of drug-likeness (QED) is 0.880. The van der Waals surface area contributed by atoms with Crippen LogP contribution in [0.2, 0.25) is 0 Å². The summed E-state index contributed by atoms with van der Waals surface area (Å²) in [5.41, 5.74) is 0.844. The van der Waals surface area contributed by atoms with Crippen molar-refractivity contribution in [2.45, 2.75) is 26.2 Å². The second-order valence-electron chi connectivity index (χ2n) is 4.86. The lowest BCUT2D eigenvalue weighted by atomic mass is 10.1. The van der Waals surface area contributed by atoms with Crippen LogP contribution in [0.5, 0.6) is 5.88 Å². The Morgan fingerprint density at radius 2 is 2.16 bits per heavy atom. The number of hydrogen-bond acceptors (Lipinski definition) is 4. The molecule has 2 rings (SSSR count). The van der Waals surface area contributed by atoms with Crippen molar-refractivity contribution in [3.8, 4) is 5.88 Å². The molecular weight excluding hydrogens is 244 g/mol. The van der Waals surface area contributed by atoms with E-state index in [0.29, 0.717) is 12.2 Å². The van der Waals surface area contributed by atoms with Crippen LogP contribution in [0, 0.1) is 6.92 Å². The van der Waals surface area contributed by atoms with Gasteiger partial charge < -0.3 is 9.84 Å². The summed E-state index contributed by atoms with van der Waals surface area (Å²) >= 11 is 0. The number of aromatic nitrogens is 1. The van der Waals surface area contributed by atoms with Crippen LogP contribution in [0.3, 0.4) is 0 Å². The van der Waals surface area contributed by atoms with Gasteiger partial charge in [0.1, 0.15) is 12.2 Å². The first kappa shape index (κ1) is 13.8. The molecule has 0 amide bonds. The number of aromatic carboxylic acids is 1. The van der Waals surface area contributed by atoms with Crippen molar-refractivity contribution in [3.63, 3.8) is 0 Å². The maximum Gasteiger partial charge on any atom is 0.341 e. The summed E-state index contributed by atoms with van der Waals surface area (Å²) in [6, 6.07) is 1.68. The number of carbonyl (C=O) groups is 1. The minimum absolute atomic E-state index is 0.168. The first-order valence-electron chi connectivity index (χ1n) is 6.72. The van der Waals surface area contributed by atoms with Gasteiger partial charge in [-0.2, -0.15) is 0 Å². The summed E-state index contributed by atoms with van der Waals surface area (Å²) < 4.78 is 5.55. The molecule has 1 N–H and O–H groups in total. The molecule has 1 aliphatic heterocycles. The van der Waals surface area contributed by atoms with Gasteiger partial charge in [0.2, 0.25) is 5.88 Å². The number of nitrogens with zero attached hydrogens (tertiary/aromatic N) is 2. The Morgan fingerprint density at radius 1 is 1.42 bits per heavy atom. The number of pyridine rings is 1. The van der Waals surface area contributed by atoms with E-state index in [1.165, 1.54) is 19.3 Å². The SMILES string of the molecule is Cc1ccnc(OCCN2CCCCC2)c1C(=O)O. The zero-order chi connectivity index (χ0) is 13.7. The van der Waals surface area contributed by atoms with Gasteiger partial charge >= 0.3 is 5.97 Å². The van der Waals surface area contributed by atoms with Gasteiger partial charge in [-0.05, 0) is 44.5 Å². The predicted molar refractivity (Wildman–Crippen MR) is 71.7 cm³/mol. The fourth-order valence-electron chi connectivity index (χ4n) is 2.36. The molecule has 0 saturated carbocycles. The summed E-state index contributed by atoms with van der Waals surface area (Å²) in [7, 11) is 0. The highest BCUT2D eigenvalue weighted by molar-refractivity contribution is 5.91. The van der Waals surface area contributed by atoms with Gasteiger partial charge in [0.15, 0.2) is 0 Å². The zero-order valence-electron chi connectivity index (χ0n) is 11.3. The van der Waals surface area contributed by atoms with Crippen molar-refractivity contribution in [1.29, 1.82) is 0 Å². The third-order valence-electron chi connectivity index (χ3n) is 3.43. The fraction of sp³-hybridized carbons (Fsp3) is 0.571. The first-order valence-corrected chi connectivity index (χ1v) is 6.72. The van der Waals surface area contributed by atoms with Gasteiger partial charge in [0.05, 0.1) is 0 Å². The Bertz CT molecular complexity index is 442. The summed E-state index contributed by atoms with van der Waals surface area (Å²) in [5, 5.41) is 9.16. The van der Waals surface area contributed by atoms with Crippen LogP contribution in [0.25, 0.3) is 0 Å². The van der Waals surface area contributed by atoms with Crippen LogP contribution < -0.4 is 4.74 Å². The van der Waals surface area contributed by atoms with E-state index < -0.39 is 5.97 Å². The molecule has 1 saturated heterocycles. The number of rotatable bonds is 5. The molecular formula is C14H20N2O3. The third-order valence-corrected chi connectivity index (χ3v) is 3.43. The van der Waals surface area contributed by atoms with E-state index in [2.05, 4.69) is 9.88 Å². The van der Waals surface area contributed by atoms with E-state index in [4.69, 9.17) is 9.84 Å². The van der Waals surface area contributed by atoms with E-state index in [0.717, 1.165) is 19.6 Å². The number of carboxylic acid groups (broad SMARTS) is 1. The van der Waals surface area contributed by atoms with Crippen LogP contribution in [0.4, 0.5) is 0 Å². The molecule has 0 spiro atoms. The molecule has 104 valence electrons. The van der Waals surface area contributed by atoms with E-state index >= 15 is 0 Å². The minimum Gasteiger partial charge on any atom is -0.477 e. The summed E-state index contributed by atoms with van der Waals surface area (Å²) in [4.78, 5) is 17.5. The molecule has 1 aliphatic rings. The summed E-state index contributed by atoms with van der Waals surface area (Å²) in [6.45, 7) is 5.28. The van der Waals surface area contributed by atoms with Gasteiger partial charge in [-0.15, -0.1) is 0 Å². The van der Waals surface area contributed by atoms with Crippen LogP contribution in [-0.2, 0) is 0 Å². The van der Waals surface area contributed by atoms with E-state index in [-0.39, 0.29) is 11.4 Å². The third kappa shape index (κ3) is 3.67. The number of likely N-dealkylation sites (tertiary alicyclic amines) is 1. The highest BCUT2D eigenvalue weighted by Crippen LogP contribution is 2.19. The fourth-order valence-corrected chi connectivity index (χ4v) is 2.36. The van der Waals surface area contributed by atoms with Gasteiger partial charge in [-0.1, -0.05) is 6.42 Å². The normalized spacial score (nSPS) is 16.3. The van der Waals surface area contributed by atoms with Crippen molar-refractivity contribution in [2.75, 3.05) is 26.2 Å².